The highest BCUT2D eigenvalue weighted by atomic mass is 16.7. The lowest BCUT2D eigenvalue weighted by atomic mass is 10.0. The van der Waals surface area contributed by atoms with Crippen LogP contribution in [0.5, 0.6) is 11.5 Å². The average Bonchev–Trinajstić information content (AvgIpc) is 3.28. The average molecular weight is 414 g/mol. The van der Waals surface area contributed by atoms with Gasteiger partial charge in [0.25, 0.3) is 5.91 Å². The molecule has 1 aromatic carbocycles. The molecular weight excluding hydrogens is 392 g/mol. The van der Waals surface area contributed by atoms with Gasteiger partial charge < -0.3 is 24.5 Å². The Balaban J connectivity index is 1.57. The highest BCUT2D eigenvalue weighted by Crippen LogP contribution is 2.32. The van der Waals surface area contributed by atoms with E-state index in [1.54, 1.807) is 26.0 Å². The van der Waals surface area contributed by atoms with Crippen molar-refractivity contribution in [3.8, 4) is 11.5 Å². The van der Waals surface area contributed by atoms with Crippen molar-refractivity contribution in [2.24, 2.45) is 0 Å². The molecule has 158 valence electrons. The summed E-state index contributed by atoms with van der Waals surface area (Å²) >= 11 is 0. The van der Waals surface area contributed by atoms with Crippen molar-refractivity contribution in [3.05, 3.63) is 46.3 Å². The molecule has 2 N–H and O–H groups in total. The Bertz CT molecular complexity index is 1040. The van der Waals surface area contributed by atoms with Crippen molar-refractivity contribution in [1.82, 2.24) is 10.3 Å². The number of fused-ring (bicyclic) bond motifs is 1. The van der Waals surface area contributed by atoms with Crippen LogP contribution in [0, 0.1) is 13.8 Å². The number of esters is 1. The van der Waals surface area contributed by atoms with Crippen LogP contribution in [0.2, 0.25) is 0 Å². The summed E-state index contributed by atoms with van der Waals surface area (Å²) in [7, 11) is 0. The maximum atomic E-state index is 12.6. The van der Waals surface area contributed by atoms with Gasteiger partial charge in [-0.2, -0.15) is 0 Å². The first-order chi connectivity index (χ1) is 14.2. The molecule has 1 atom stereocenters. The standard InChI is InChI=1S/C21H22N2O7/c1-10-18(12(3)24)11(2)23-19(10)20(26)13(4)30-17(25)8-22-21(27)14-5-6-15-16(7-14)29-9-28-15/h5-7,13,23H,8-9H2,1-4H3,(H,22,27)/t13-/m1/s1. The molecule has 0 unspecified atom stereocenters. The number of Topliss-reactive ketones (excluding diaryl/α,β-unsaturated/α-hetero) is 2. The quantitative estimate of drug-likeness (QED) is 0.525. The zero-order valence-corrected chi connectivity index (χ0v) is 17.1. The topological polar surface area (TPSA) is 124 Å². The van der Waals surface area contributed by atoms with Gasteiger partial charge in [-0.1, -0.05) is 0 Å². The molecule has 9 nitrogen and oxygen atoms in total. The van der Waals surface area contributed by atoms with Crippen LogP contribution in [0.1, 0.15) is 56.3 Å². The molecule has 0 saturated carbocycles. The maximum Gasteiger partial charge on any atom is 0.326 e. The summed E-state index contributed by atoms with van der Waals surface area (Å²) in [5, 5.41) is 2.44. The van der Waals surface area contributed by atoms with Crippen LogP contribution in [-0.2, 0) is 9.53 Å². The number of carbonyl (C=O) groups is 4. The van der Waals surface area contributed by atoms with Gasteiger partial charge in [0.2, 0.25) is 12.6 Å². The number of ether oxygens (including phenoxy) is 3. The van der Waals surface area contributed by atoms with Crippen LogP contribution < -0.4 is 14.8 Å². The number of aromatic nitrogens is 1. The fourth-order valence-corrected chi connectivity index (χ4v) is 3.31. The predicted molar refractivity (Wildman–Crippen MR) is 105 cm³/mol. The van der Waals surface area contributed by atoms with Gasteiger partial charge in [-0.05, 0) is 51.5 Å². The zero-order chi connectivity index (χ0) is 22.0. The van der Waals surface area contributed by atoms with Crippen molar-refractivity contribution in [3.63, 3.8) is 0 Å². The van der Waals surface area contributed by atoms with E-state index in [1.165, 1.54) is 19.9 Å². The minimum Gasteiger partial charge on any atom is -0.454 e. The van der Waals surface area contributed by atoms with Crippen LogP contribution in [0.15, 0.2) is 18.2 Å². The predicted octanol–water partition coefficient (Wildman–Crippen LogP) is 2.11. The number of amides is 1. The molecule has 0 saturated heterocycles. The molecule has 0 spiro atoms. The number of rotatable bonds is 7. The van der Waals surface area contributed by atoms with Crippen LogP contribution >= 0.6 is 0 Å². The summed E-state index contributed by atoms with van der Waals surface area (Å²) in [4.78, 5) is 51.5. The first kappa shape index (κ1) is 21.1. The molecule has 0 fully saturated rings. The third kappa shape index (κ3) is 4.19. The van der Waals surface area contributed by atoms with Crippen molar-refractivity contribution in [1.29, 1.82) is 0 Å². The molecule has 1 amide bonds. The second-order valence-electron chi connectivity index (χ2n) is 6.93. The van der Waals surface area contributed by atoms with E-state index in [4.69, 9.17) is 14.2 Å². The smallest absolute Gasteiger partial charge is 0.326 e. The Morgan fingerprint density at radius 3 is 2.53 bits per heavy atom. The van der Waals surface area contributed by atoms with Gasteiger partial charge >= 0.3 is 5.97 Å². The van der Waals surface area contributed by atoms with E-state index >= 15 is 0 Å². The van der Waals surface area contributed by atoms with E-state index in [-0.39, 0.29) is 18.3 Å². The Kier molecular flexibility index (Phi) is 5.91. The second-order valence-corrected chi connectivity index (χ2v) is 6.93. The lowest BCUT2D eigenvalue weighted by Crippen LogP contribution is -2.34. The van der Waals surface area contributed by atoms with Crippen LogP contribution in [0.4, 0.5) is 0 Å². The Morgan fingerprint density at radius 2 is 1.87 bits per heavy atom. The molecule has 0 aliphatic carbocycles. The summed E-state index contributed by atoms with van der Waals surface area (Å²) < 4.78 is 15.5. The zero-order valence-electron chi connectivity index (χ0n) is 17.1. The van der Waals surface area contributed by atoms with Crippen molar-refractivity contribution < 1.29 is 33.4 Å². The summed E-state index contributed by atoms with van der Waals surface area (Å²) in [6.07, 6.45) is -1.09. The van der Waals surface area contributed by atoms with Gasteiger partial charge in [0, 0.05) is 16.8 Å². The Labute approximate surface area is 172 Å². The summed E-state index contributed by atoms with van der Waals surface area (Å²) in [5.74, 6) is -0.884. The number of aromatic amines is 1. The number of H-pyrrole nitrogens is 1. The number of ketones is 2. The number of hydrogen-bond acceptors (Lipinski definition) is 7. The summed E-state index contributed by atoms with van der Waals surface area (Å²) in [5.41, 5.74) is 2.07. The highest BCUT2D eigenvalue weighted by molar-refractivity contribution is 6.05. The van der Waals surface area contributed by atoms with Crippen molar-refractivity contribution in [2.45, 2.75) is 33.8 Å². The minimum absolute atomic E-state index is 0.0897. The van der Waals surface area contributed by atoms with Crippen LogP contribution in [0.25, 0.3) is 0 Å². The van der Waals surface area contributed by atoms with E-state index in [0.29, 0.717) is 33.9 Å². The molecule has 1 aliphatic heterocycles. The fourth-order valence-electron chi connectivity index (χ4n) is 3.31. The van der Waals surface area contributed by atoms with Gasteiger partial charge in [0.05, 0.1) is 5.69 Å². The SMILES string of the molecule is CC(=O)c1c(C)[nH]c(C(=O)[C@@H](C)OC(=O)CNC(=O)c2ccc3c(c2)OCO3)c1C. The molecule has 3 rings (SSSR count). The molecule has 0 bridgehead atoms. The molecule has 9 heteroatoms. The summed E-state index contributed by atoms with van der Waals surface area (Å²) in [6.45, 7) is 5.89. The number of aryl methyl sites for hydroxylation is 1. The van der Waals surface area contributed by atoms with Crippen molar-refractivity contribution in [2.75, 3.05) is 13.3 Å². The van der Waals surface area contributed by atoms with Crippen LogP contribution in [-0.4, -0.2) is 47.9 Å². The molecule has 30 heavy (non-hydrogen) atoms. The van der Waals surface area contributed by atoms with E-state index in [2.05, 4.69) is 10.3 Å². The van der Waals surface area contributed by atoms with Gasteiger partial charge in [-0.15, -0.1) is 0 Å². The highest BCUT2D eigenvalue weighted by Gasteiger charge is 2.26. The normalized spacial score (nSPS) is 12.9. The third-order valence-electron chi connectivity index (χ3n) is 4.74. The van der Waals surface area contributed by atoms with Gasteiger partial charge in [-0.25, -0.2) is 0 Å². The van der Waals surface area contributed by atoms with Gasteiger partial charge in [-0.3, -0.25) is 19.2 Å². The molecule has 0 radical (unpaired) electrons. The maximum absolute atomic E-state index is 12.6. The molecule has 1 aliphatic rings. The lowest BCUT2D eigenvalue weighted by Gasteiger charge is -2.13. The van der Waals surface area contributed by atoms with Gasteiger partial charge in [0.1, 0.15) is 6.54 Å². The molecular formula is C21H22N2O7. The molecule has 1 aromatic heterocycles. The molecule has 2 heterocycles. The third-order valence-corrected chi connectivity index (χ3v) is 4.74. The monoisotopic (exact) mass is 414 g/mol. The first-order valence-corrected chi connectivity index (χ1v) is 9.30. The number of hydrogen-bond donors (Lipinski definition) is 2. The fraction of sp³-hybridized carbons (Fsp3) is 0.333. The number of carbonyl (C=O) groups excluding carboxylic acids is 4. The van der Waals surface area contributed by atoms with Crippen LogP contribution in [0.3, 0.4) is 0 Å². The first-order valence-electron chi connectivity index (χ1n) is 9.30. The Hall–Kier alpha value is -3.62. The van der Waals surface area contributed by atoms with E-state index < -0.39 is 30.3 Å². The van der Waals surface area contributed by atoms with E-state index in [9.17, 15) is 19.2 Å². The number of nitrogens with one attached hydrogen (secondary N) is 2. The summed E-state index contributed by atoms with van der Waals surface area (Å²) in [6, 6.07) is 4.66. The largest absolute Gasteiger partial charge is 0.454 e. The number of benzene rings is 1. The van der Waals surface area contributed by atoms with E-state index in [1.807, 2.05) is 0 Å². The lowest BCUT2D eigenvalue weighted by molar-refractivity contribution is -0.145. The second kappa shape index (κ2) is 8.40. The Morgan fingerprint density at radius 1 is 1.17 bits per heavy atom. The van der Waals surface area contributed by atoms with Gasteiger partial charge in [0.15, 0.2) is 23.4 Å². The molecule has 2 aromatic rings. The minimum atomic E-state index is -1.09. The van der Waals surface area contributed by atoms with Crippen molar-refractivity contribution >= 4 is 23.4 Å². The van der Waals surface area contributed by atoms with E-state index in [0.717, 1.165) is 0 Å².